The average Bonchev–Trinajstić information content (AvgIpc) is 2.77. The van der Waals surface area contributed by atoms with Gasteiger partial charge in [0.1, 0.15) is 0 Å². The third-order valence-electron chi connectivity index (χ3n) is 2.92. The Hall–Kier alpha value is -1.03. The Morgan fingerprint density at radius 1 is 1.44 bits per heavy atom. The summed E-state index contributed by atoms with van der Waals surface area (Å²) in [6, 6.07) is 5.41. The van der Waals surface area contributed by atoms with E-state index in [1.165, 1.54) is 6.08 Å². The predicted octanol–water partition coefficient (Wildman–Crippen LogP) is 2.57. The van der Waals surface area contributed by atoms with Gasteiger partial charge in [0.15, 0.2) is 0 Å². The van der Waals surface area contributed by atoms with Crippen molar-refractivity contribution in [3.8, 4) is 0 Å². The Balaban J connectivity index is 2.06. The molecule has 0 aromatic heterocycles. The second-order valence-electron chi connectivity index (χ2n) is 4.31. The number of carbonyl (C=O) groups is 1. The lowest BCUT2D eigenvalue weighted by Gasteiger charge is -2.12. The van der Waals surface area contributed by atoms with Crippen molar-refractivity contribution >= 4 is 35.2 Å². The van der Waals surface area contributed by atoms with Crippen LogP contribution in [0.2, 0.25) is 10.0 Å². The first-order chi connectivity index (χ1) is 8.58. The fourth-order valence-electron chi connectivity index (χ4n) is 1.90. The van der Waals surface area contributed by atoms with E-state index in [-0.39, 0.29) is 11.9 Å². The van der Waals surface area contributed by atoms with Gasteiger partial charge in [0.05, 0.1) is 10.0 Å². The van der Waals surface area contributed by atoms with E-state index < -0.39 is 0 Å². The molecule has 1 atom stereocenters. The molecule has 1 amide bonds. The van der Waals surface area contributed by atoms with E-state index in [2.05, 4.69) is 0 Å². The monoisotopic (exact) mass is 284 g/mol. The number of amides is 1. The molecule has 1 aliphatic rings. The van der Waals surface area contributed by atoms with Gasteiger partial charge in [-0.05, 0) is 24.1 Å². The summed E-state index contributed by atoms with van der Waals surface area (Å²) in [4.78, 5) is 13.6. The highest BCUT2D eigenvalue weighted by molar-refractivity contribution is 6.42. The van der Waals surface area contributed by atoms with Gasteiger partial charge in [0.25, 0.3) is 0 Å². The predicted molar refractivity (Wildman–Crippen MR) is 74.7 cm³/mol. The van der Waals surface area contributed by atoms with Crippen molar-refractivity contribution in [1.29, 1.82) is 0 Å². The van der Waals surface area contributed by atoms with E-state index in [1.807, 2.05) is 6.07 Å². The van der Waals surface area contributed by atoms with E-state index in [1.54, 1.807) is 23.1 Å². The van der Waals surface area contributed by atoms with Crippen molar-refractivity contribution in [1.82, 2.24) is 4.90 Å². The zero-order chi connectivity index (χ0) is 13.1. The second kappa shape index (κ2) is 5.74. The SMILES string of the molecule is N[C@H]1CCN(C(=O)C=Cc2cccc(Cl)c2Cl)C1. The Bertz CT molecular complexity index is 488. The van der Waals surface area contributed by atoms with Crippen LogP contribution in [0.1, 0.15) is 12.0 Å². The number of benzene rings is 1. The molecule has 1 saturated heterocycles. The number of carbonyl (C=O) groups excluding carboxylic acids is 1. The van der Waals surface area contributed by atoms with Gasteiger partial charge in [0.2, 0.25) is 5.91 Å². The van der Waals surface area contributed by atoms with Crippen LogP contribution in [0, 0.1) is 0 Å². The van der Waals surface area contributed by atoms with E-state index in [0.29, 0.717) is 23.1 Å². The van der Waals surface area contributed by atoms with Crippen LogP contribution in [0.4, 0.5) is 0 Å². The molecule has 1 aliphatic heterocycles. The van der Waals surface area contributed by atoms with Crippen molar-refractivity contribution in [2.45, 2.75) is 12.5 Å². The molecular weight excluding hydrogens is 271 g/mol. The van der Waals surface area contributed by atoms with Crippen molar-refractivity contribution < 1.29 is 4.79 Å². The molecule has 18 heavy (non-hydrogen) atoms. The molecule has 5 heteroatoms. The summed E-state index contributed by atoms with van der Waals surface area (Å²) >= 11 is 11.9. The van der Waals surface area contributed by atoms with Crippen LogP contribution in [-0.4, -0.2) is 29.9 Å². The zero-order valence-corrected chi connectivity index (χ0v) is 11.3. The fourth-order valence-corrected chi connectivity index (χ4v) is 2.27. The van der Waals surface area contributed by atoms with E-state index in [0.717, 1.165) is 12.0 Å². The molecule has 2 N–H and O–H groups in total. The highest BCUT2D eigenvalue weighted by Crippen LogP contribution is 2.26. The van der Waals surface area contributed by atoms with Gasteiger partial charge in [-0.1, -0.05) is 35.3 Å². The number of nitrogens with zero attached hydrogens (tertiary/aromatic N) is 1. The third-order valence-corrected chi connectivity index (χ3v) is 3.76. The maximum absolute atomic E-state index is 11.9. The smallest absolute Gasteiger partial charge is 0.246 e. The maximum atomic E-state index is 11.9. The molecule has 3 nitrogen and oxygen atoms in total. The third kappa shape index (κ3) is 3.05. The summed E-state index contributed by atoms with van der Waals surface area (Å²) in [6.45, 7) is 1.33. The summed E-state index contributed by atoms with van der Waals surface area (Å²) in [6.07, 6.45) is 4.05. The first-order valence-corrected chi connectivity index (χ1v) is 6.50. The topological polar surface area (TPSA) is 46.3 Å². The number of hydrogen-bond acceptors (Lipinski definition) is 2. The molecule has 1 heterocycles. The first-order valence-electron chi connectivity index (χ1n) is 5.74. The molecule has 1 aromatic rings. The van der Waals surface area contributed by atoms with Crippen molar-refractivity contribution in [2.24, 2.45) is 5.73 Å². The van der Waals surface area contributed by atoms with Crippen LogP contribution >= 0.6 is 23.2 Å². The standard InChI is InChI=1S/C13H14Cl2N2O/c14-11-3-1-2-9(13(11)15)4-5-12(18)17-7-6-10(16)8-17/h1-5,10H,6-8,16H2/t10-/m0/s1. The minimum atomic E-state index is -0.0426. The van der Waals surface area contributed by atoms with Gasteiger partial charge < -0.3 is 10.6 Å². The molecule has 0 spiro atoms. The minimum absolute atomic E-state index is 0.0426. The van der Waals surface area contributed by atoms with Crippen molar-refractivity contribution in [3.05, 3.63) is 39.9 Å². The number of likely N-dealkylation sites (tertiary alicyclic amines) is 1. The number of rotatable bonds is 2. The summed E-state index contributed by atoms with van der Waals surface area (Å²) < 4.78 is 0. The molecule has 0 radical (unpaired) electrons. The average molecular weight is 285 g/mol. The van der Waals surface area contributed by atoms with Gasteiger partial charge in [-0.3, -0.25) is 4.79 Å². The van der Waals surface area contributed by atoms with Crippen LogP contribution < -0.4 is 5.73 Å². The summed E-state index contributed by atoms with van der Waals surface area (Å²) in [7, 11) is 0. The Morgan fingerprint density at radius 2 is 2.22 bits per heavy atom. The molecule has 0 bridgehead atoms. The highest BCUT2D eigenvalue weighted by atomic mass is 35.5. The van der Waals surface area contributed by atoms with Crippen LogP contribution in [0.15, 0.2) is 24.3 Å². The maximum Gasteiger partial charge on any atom is 0.246 e. The Morgan fingerprint density at radius 3 is 2.89 bits per heavy atom. The number of hydrogen-bond donors (Lipinski definition) is 1. The molecule has 1 aromatic carbocycles. The van der Waals surface area contributed by atoms with Gasteiger partial charge in [-0.2, -0.15) is 0 Å². The number of nitrogens with two attached hydrogens (primary N) is 1. The lowest BCUT2D eigenvalue weighted by atomic mass is 10.2. The van der Waals surface area contributed by atoms with Gasteiger partial charge in [-0.15, -0.1) is 0 Å². The Labute approximate surface area is 116 Å². The van der Waals surface area contributed by atoms with Crippen LogP contribution in [0.5, 0.6) is 0 Å². The lowest BCUT2D eigenvalue weighted by molar-refractivity contribution is -0.124. The van der Waals surface area contributed by atoms with Gasteiger partial charge in [-0.25, -0.2) is 0 Å². The zero-order valence-electron chi connectivity index (χ0n) is 9.77. The quantitative estimate of drug-likeness (QED) is 0.849. The summed E-state index contributed by atoms with van der Waals surface area (Å²) in [5, 5.41) is 0.941. The Kier molecular flexibility index (Phi) is 4.27. The molecule has 0 unspecified atom stereocenters. The van der Waals surface area contributed by atoms with E-state index in [9.17, 15) is 4.79 Å². The minimum Gasteiger partial charge on any atom is -0.338 e. The fraction of sp³-hybridized carbons (Fsp3) is 0.308. The molecule has 2 rings (SSSR count). The lowest BCUT2D eigenvalue weighted by Crippen LogP contribution is -2.30. The highest BCUT2D eigenvalue weighted by Gasteiger charge is 2.21. The molecular formula is C13H14Cl2N2O. The van der Waals surface area contributed by atoms with Gasteiger partial charge >= 0.3 is 0 Å². The van der Waals surface area contributed by atoms with E-state index in [4.69, 9.17) is 28.9 Å². The van der Waals surface area contributed by atoms with Crippen LogP contribution in [-0.2, 0) is 4.79 Å². The molecule has 1 fully saturated rings. The van der Waals surface area contributed by atoms with Crippen molar-refractivity contribution in [3.63, 3.8) is 0 Å². The van der Waals surface area contributed by atoms with Crippen LogP contribution in [0.3, 0.4) is 0 Å². The first kappa shape index (κ1) is 13.4. The largest absolute Gasteiger partial charge is 0.338 e. The van der Waals surface area contributed by atoms with Crippen molar-refractivity contribution in [2.75, 3.05) is 13.1 Å². The molecule has 0 saturated carbocycles. The normalized spacial score (nSPS) is 19.7. The van der Waals surface area contributed by atoms with Crippen LogP contribution in [0.25, 0.3) is 6.08 Å². The second-order valence-corrected chi connectivity index (χ2v) is 5.09. The molecule has 0 aliphatic carbocycles. The summed E-state index contributed by atoms with van der Waals surface area (Å²) in [5.74, 6) is -0.0426. The van der Waals surface area contributed by atoms with E-state index >= 15 is 0 Å². The number of halogens is 2. The summed E-state index contributed by atoms with van der Waals surface area (Å²) in [5.41, 5.74) is 6.49. The van der Waals surface area contributed by atoms with Gasteiger partial charge in [0, 0.05) is 25.2 Å². The molecule has 96 valence electrons.